The van der Waals surface area contributed by atoms with Crippen LogP contribution in [0.15, 0.2) is 99.3 Å². The quantitative estimate of drug-likeness (QED) is 0.175. The molecule has 0 amide bonds. The van der Waals surface area contributed by atoms with Crippen molar-refractivity contribution in [3.63, 3.8) is 0 Å². The average molecular weight is 520 g/mol. The number of aryl methyl sites for hydroxylation is 2. The molecule has 4 aromatic carbocycles. The molecular weight excluding hydrogens is 478 g/mol. The number of azo groups is 2. The highest BCUT2D eigenvalue weighted by atomic mass is 15.1. The Morgan fingerprint density at radius 1 is 0.692 bits per heavy atom. The van der Waals surface area contributed by atoms with Crippen LogP contribution in [0.1, 0.15) is 64.5 Å². The lowest BCUT2D eigenvalue weighted by atomic mass is 9.99. The summed E-state index contributed by atoms with van der Waals surface area (Å²) in [5.41, 5.74) is 6.81. The van der Waals surface area contributed by atoms with E-state index in [0.29, 0.717) is 5.92 Å². The zero-order valence-electron chi connectivity index (χ0n) is 23.8. The summed E-state index contributed by atoms with van der Waals surface area (Å²) in [6.07, 6.45) is 6.68. The summed E-state index contributed by atoms with van der Waals surface area (Å²) in [5, 5.41) is 24.6. The minimum Gasteiger partial charge on any atom is -0.383 e. The molecule has 0 aliphatic heterocycles. The number of nitrogens with one attached hydrogen (secondary N) is 1. The molecule has 0 aliphatic rings. The van der Waals surface area contributed by atoms with E-state index in [1.165, 1.54) is 31.2 Å². The van der Waals surface area contributed by atoms with Gasteiger partial charge in [0.1, 0.15) is 5.69 Å². The summed E-state index contributed by atoms with van der Waals surface area (Å²) >= 11 is 0. The van der Waals surface area contributed by atoms with Crippen molar-refractivity contribution in [3.8, 4) is 0 Å². The molecule has 0 aliphatic carbocycles. The van der Waals surface area contributed by atoms with Gasteiger partial charge in [-0.15, -0.1) is 5.11 Å². The molecule has 0 saturated heterocycles. The van der Waals surface area contributed by atoms with E-state index < -0.39 is 0 Å². The van der Waals surface area contributed by atoms with Crippen LogP contribution in [0.4, 0.5) is 28.4 Å². The molecule has 1 atom stereocenters. The topological polar surface area (TPSA) is 61.5 Å². The summed E-state index contributed by atoms with van der Waals surface area (Å²) in [6, 6.07) is 26.9. The number of fused-ring (bicyclic) bond motifs is 1. The highest BCUT2D eigenvalue weighted by Gasteiger charge is 2.11. The highest BCUT2D eigenvalue weighted by molar-refractivity contribution is 5.98. The van der Waals surface area contributed by atoms with Gasteiger partial charge in [-0.1, -0.05) is 95.5 Å². The summed E-state index contributed by atoms with van der Waals surface area (Å²) in [4.78, 5) is 0. The number of rotatable bonds is 13. The van der Waals surface area contributed by atoms with E-state index in [-0.39, 0.29) is 0 Å². The van der Waals surface area contributed by atoms with E-state index in [1.807, 2.05) is 30.3 Å². The first kappa shape index (κ1) is 28.2. The van der Waals surface area contributed by atoms with Crippen LogP contribution in [0.5, 0.6) is 0 Å². The molecule has 0 aromatic heterocycles. The van der Waals surface area contributed by atoms with E-state index in [2.05, 4.69) is 91.8 Å². The van der Waals surface area contributed by atoms with E-state index >= 15 is 0 Å². The van der Waals surface area contributed by atoms with Gasteiger partial charge in [0.15, 0.2) is 0 Å². The van der Waals surface area contributed by atoms with E-state index in [4.69, 9.17) is 10.2 Å². The van der Waals surface area contributed by atoms with Crippen LogP contribution < -0.4 is 5.32 Å². The first-order valence-corrected chi connectivity index (χ1v) is 14.5. The number of anilines is 1. The van der Waals surface area contributed by atoms with Crippen molar-refractivity contribution in [2.24, 2.45) is 26.4 Å². The van der Waals surface area contributed by atoms with Crippen LogP contribution >= 0.6 is 0 Å². The van der Waals surface area contributed by atoms with Gasteiger partial charge in [-0.2, -0.15) is 15.3 Å². The third kappa shape index (κ3) is 7.38. The minimum atomic E-state index is 0.652. The zero-order valence-corrected chi connectivity index (χ0v) is 23.8. The van der Waals surface area contributed by atoms with E-state index in [1.54, 1.807) is 0 Å². The maximum absolute atomic E-state index is 4.83. The van der Waals surface area contributed by atoms with Gasteiger partial charge in [-0.25, -0.2) is 0 Å². The smallest absolute Gasteiger partial charge is 0.117 e. The molecule has 1 unspecified atom stereocenters. The molecule has 4 aromatic rings. The molecule has 0 bridgehead atoms. The largest absolute Gasteiger partial charge is 0.383 e. The summed E-state index contributed by atoms with van der Waals surface area (Å²) in [5.74, 6) is 0.652. The number of nitrogens with zero attached hydrogens (tertiary/aromatic N) is 4. The third-order valence-electron chi connectivity index (χ3n) is 7.37. The van der Waals surface area contributed by atoms with Crippen LogP contribution in [-0.2, 0) is 12.8 Å². The fourth-order valence-electron chi connectivity index (χ4n) is 4.84. The molecule has 5 nitrogen and oxygen atoms in total. The van der Waals surface area contributed by atoms with Gasteiger partial charge in [0.25, 0.3) is 0 Å². The molecule has 0 fully saturated rings. The average Bonchev–Trinajstić information content (AvgIpc) is 2.99. The second-order valence-corrected chi connectivity index (χ2v) is 10.0. The molecule has 0 saturated carbocycles. The monoisotopic (exact) mass is 519 g/mol. The lowest BCUT2D eigenvalue weighted by molar-refractivity contribution is 0.473. The van der Waals surface area contributed by atoms with Gasteiger partial charge in [-0.05, 0) is 72.0 Å². The molecule has 202 valence electrons. The van der Waals surface area contributed by atoms with Crippen molar-refractivity contribution in [2.45, 2.75) is 66.2 Å². The lowest BCUT2D eigenvalue weighted by Gasteiger charge is -2.18. The van der Waals surface area contributed by atoms with Crippen molar-refractivity contribution in [1.82, 2.24) is 0 Å². The van der Waals surface area contributed by atoms with E-state index in [9.17, 15) is 0 Å². The Bertz CT molecular complexity index is 1420. The predicted molar refractivity (Wildman–Crippen MR) is 166 cm³/mol. The molecule has 0 radical (unpaired) electrons. The Labute approximate surface area is 233 Å². The molecule has 4 rings (SSSR count). The normalized spacial score (nSPS) is 12.5. The van der Waals surface area contributed by atoms with Crippen molar-refractivity contribution >= 4 is 39.2 Å². The number of benzene rings is 4. The van der Waals surface area contributed by atoms with Crippen LogP contribution in [-0.4, -0.2) is 6.54 Å². The van der Waals surface area contributed by atoms with Crippen molar-refractivity contribution in [3.05, 3.63) is 90.0 Å². The molecule has 0 spiro atoms. The summed E-state index contributed by atoms with van der Waals surface area (Å²) in [6.45, 7) is 9.75. The fourth-order valence-corrected chi connectivity index (χ4v) is 4.84. The Balaban J connectivity index is 1.61. The van der Waals surface area contributed by atoms with Gasteiger partial charge in [0.2, 0.25) is 0 Å². The first-order chi connectivity index (χ1) is 19.2. The van der Waals surface area contributed by atoms with Crippen molar-refractivity contribution in [2.75, 3.05) is 11.9 Å². The van der Waals surface area contributed by atoms with Gasteiger partial charge in [0, 0.05) is 11.9 Å². The maximum atomic E-state index is 4.83. The summed E-state index contributed by atoms with van der Waals surface area (Å²) in [7, 11) is 0. The summed E-state index contributed by atoms with van der Waals surface area (Å²) < 4.78 is 0. The highest BCUT2D eigenvalue weighted by Crippen LogP contribution is 2.37. The van der Waals surface area contributed by atoms with Gasteiger partial charge in [-0.3, -0.25) is 0 Å². The Hall–Kier alpha value is -3.86. The first-order valence-electron chi connectivity index (χ1n) is 14.5. The molecule has 5 heteroatoms. The third-order valence-corrected chi connectivity index (χ3v) is 7.37. The Kier molecular flexibility index (Phi) is 10.4. The molecular formula is C34H41N5. The standard InChI is InChI=1S/C34H41N5/c1-5-9-14-25(6-2)24-35-33-21-19-28-16-10-12-17-30(28)34(33)39-38-32-22-20-29(23-27(32)8-4)36-37-31-18-13-11-15-26(31)7-3/h10-13,15-23,25,35H,5-9,14,24H2,1-4H3. The SMILES string of the molecule is CCCCC(CC)CNc1ccc2ccccc2c1N=Nc1ccc(N=Nc2ccccc2CC)cc1CC. The number of hydrogen-bond donors (Lipinski definition) is 1. The Morgan fingerprint density at radius 2 is 1.44 bits per heavy atom. The van der Waals surface area contributed by atoms with Gasteiger partial charge < -0.3 is 5.32 Å². The number of hydrogen-bond acceptors (Lipinski definition) is 5. The molecule has 1 N–H and O–H groups in total. The van der Waals surface area contributed by atoms with Gasteiger partial charge in [0.05, 0.1) is 22.7 Å². The zero-order chi connectivity index (χ0) is 27.5. The van der Waals surface area contributed by atoms with Gasteiger partial charge >= 0.3 is 0 Å². The van der Waals surface area contributed by atoms with Crippen LogP contribution in [0, 0.1) is 5.92 Å². The lowest BCUT2D eigenvalue weighted by Crippen LogP contribution is -2.13. The minimum absolute atomic E-state index is 0.652. The maximum Gasteiger partial charge on any atom is 0.117 e. The van der Waals surface area contributed by atoms with Crippen molar-refractivity contribution in [1.29, 1.82) is 0 Å². The Morgan fingerprint density at radius 3 is 2.23 bits per heavy atom. The van der Waals surface area contributed by atoms with Crippen LogP contribution in [0.3, 0.4) is 0 Å². The van der Waals surface area contributed by atoms with Crippen LogP contribution in [0.25, 0.3) is 10.8 Å². The molecule has 39 heavy (non-hydrogen) atoms. The van der Waals surface area contributed by atoms with E-state index in [0.717, 1.165) is 64.2 Å². The second-order valence-electron chi connectivity index (χ2n) is 10.0. The molecule has 0 heterocycles. The number of unbranched alkanes of at least 4 members (excludes halogenated alkanes) is 1. The fraction of sp³-hybridized carbons (Fsp3) is 0.353. The second kappa shape index (κ2) is 14.3. The van der Waals surface area contributed by atoms with Crippen molar-refractivity contribution < 1.29 is 0 Å². The van der Waals surface area contributed by atoms with Crippen LogP contribution in [0.2, 0.25) is 0 Å². The predicted octanol–water partition coefficient (Wildman–Crippen LogP) is 11.4.